The molecule has 4 heterocycles. The lowest BCUT2D eigenvalue weighted by Crippen LogP contribution is -2.84. The first-order valence-electron chi connectivity index (χ1n) is 9.28. The summed E-state index contributed by atoms with van der Waals surface area (Å²) < 4.78 is 17.8. The lowest BCUT2D eigenvalue weighted by atomic mass is 9.89. The average molecular weight is 486 g/mol. The summed E-state index contributed by atoms with van der Waals surface area (Å²) in [6.45, 7) is 0.138. The first kappa shape index (κ1) is 22.3. The van der Waals surface area contributed by atoms with Crippen molar-refractivity contribution in [3.05, 3.63) is 11.1 Å². The lowest BCUT2D eigenvalue weighted by molar-refractivity contribution is -0.216. The number of oxime groups is 1. The van der Waals surface area contributed by atoms with E-state index in [1.165, 1.54) is 5.38 Å². The van der Waals surface area contributed by atoms with Crippen molar-refractivity contribution in [2.75, 3.05) is 24.6 Å². The number of hydrogen-bond donors (Lipinski definition) is 4. The van der Waals surface area contributed by atoms with Crippen molar-refractivity contribution in [3.63, 3.8) is 0 Å². The highest BCUT2D eigenvalue weighted by molar-refractivity contribution is 7.92. The van der Waals surface area contributed by atoms with E-state index in [-0.39, 0.29) is 41.9 Å². The predicted octanol–water partition coefficient (Wildman–Crippen LogP) is -2.84. The average Bonchev–Trinajstić information content (AvgIpc) is 3.30. The number of anilines is 1. The van der Waals surface area contributed by atoms with E-state index in [9.17, 15) is 28.8 Å². The predicted molar refractivity (Wildman–Crippen MR) is 108 cm³/mol. The Morgan fingerprint density at radius 1 is 1.53 bits per heavy atom. The molecule has 0 aliphatic carbocycles. The third-order valence-corrected chi connectivity index (χ3v) is 7.64. The number of nitrogens with one attached hydrogen (secondary N) is 1. The number of carboxylic acid groups (broad SMARTS) is 1. The second kappa shape index (κ2) is 8.19. The van der Waals surface area contributed by atoms with Crippen molar-refractivity contribution in [3.8, 4) is 0 Å². The van der Waals surface area contributed by atoms with E-state index in [4.69, 9.17) is 21.0 Å². The standard InChI is InChI=1S/C16H18N6O8S2/c17-1-2-29-21-9(7-4-31-15(18)19-7)11(24)20-10-12(25)22-13(10)32(28)5-6-3-8(23)30-16(6,22)14(26)27/h4,6,10,13H,1-3,5,17H2,(H2,18,19)(H,20,24)(H,26,27)/b21-9-/t6-,10+,13+,16+,32-/m0/s1. The molecule has 0 aromatic carbocycles. The number of esters is 1. The highest BCUT2D eigenvalue weighted by atomic mass is 32.2. The summed E-state index contributed by atoms with van der Waals surface area (Å²) in [5.74, 6) is -5.20. The van der Waals surface area contributed by atoms with Gasteiger partial charge < -0.3 is 36.0 Å². The molecule has 1 aromatic heterocycles. The topological polar surface area (TPSA) is 223 Å². The Balaban J connectivity index is 1.58. The molecular weight excluding hydrogens is 468 g/mol. The molecular formula is C16H18N6O8S2. The molecule has 0 unspecified atom stereocenters. The van der Waals surface area contributed by atoms with Crippen LogP contribution in [0.1, 0.15) is 12.1 Å². The number of hydrogen-bond acceptors (Lipinski definition) is 12. The highest BCUT2D eigenvalue weighted by Crippen LogP contribution is 2.48. The van der Waals surface area contributed by atoms with Crippen LogP contribution in [0.25, 0.3) is 0 Å². The summed E-state index contributed by atoms with van der Waals surface area (Å²) in [6.07, 6.45) is -0.272. The van der Waals surface area contributed by atoms with Gasteiger partial charge in [0.05, 0.1) is 12.3 Å². The highest BCUT2D eigenvalue weighted by Gasteiger charge is 2.76. The van der Waals surface area contributed by atoms with Gasteiger partial charge in [-0.2, -0.15) is 0 Å². The normalized spacial score (nSPS) is 31.3. The molecule has 3 fully saturated rings. The molecule has 6 N–H and O–H groups in total. The molecule has 5 atom stereocenters. The number of rotatable bonds is 7. The molecule has 1 aromatic rings. The van der Waals surface area contributed by atoms with Crippen molar-refractivity contribution in [1.29, 1.82) is 0 Å². The van der Waals surface area contributed by atoms with Crippen LogP contribution in [-0.4, -0.2) is 85.1 Å². The van der Waals surface area contributed by atoms with Gasteiger partial charge in [-0.15, -0.1) is 11.3 Å². The van der Waals surface area contributed by atoms with Gasteiger partial charge in [-0.05, 0) is 11.2 Å². The fourth-order valence-corrected chi connectivity index (χ4v) is 6.34. The third-order valence-electron chi connectivity index (χ3n) is 5.21. The van der Waals surface area contributed by atoms with Crippen molar-refractivity contribution >= 4 is 57.1 Å². The van der Waals surface area contributed by atoms with Crippen LogP contribution >= 0.6 is 11.3 Å². The Labute approximate surface area is 187 Å². The zero-order chi connectivity index (χ0) is 23.2. The SMILES string of the molecule is NCCO/N=C(\C(=O)N[C@@H]1C(=O)N2[C@@H]1[S@@+]([O-])C[C@@H]1CC(=O)O[C@@]12C(=O)O)c1csc(N)n1. The van der Waals surface area contributed by atoms with Crippen LogP contribution in [-0.2, 0) is 39.9 Å². The first-order chi connectivity index (χ1) is 15.2. The van der Waals surface area contributed by atoms with E-state index in [0.29, 0.717) is 0 Å². The number of nitrogens with zero attached hydrogens (tertiary/aromatic N) is 3. The summed E-state index contributed by atoms with van der Waals surface area (Å²) in [7, 11) is 0. The van der Waals surface area contributed by atoms with Gasteiger partial charge >= 0.3 is 11.9 Å². The number of aromatic nitrogens is 1. The maximum absolute atomic E-state index is 12.9. The molecule has 14 nitrogen and oxygen atoms in total. The quantitative estimate of drug-likeness (QED) is 0.0767. The molecule has 3 saturated heterocycles. The van der Waals surface area contributed by atoms with Crippen molar-refractivity contribution in [1.82, 2.24) is 15.2 Å². The number of carboxylic acids is 1. The van der Waals surface area contributed by atoms with E-state index in [2.05, 4.69) is 15.5 Å². The van der Waals surface area contributed by atoms with Crippen LogP contribution in [0.3, 0.4) is 0 Å². The van der Waals surface area contributed by atoms with E-state index >= 15 is 0 Å². The second-order valence-corrected chi connectivity index (χ2v) is 9.57. The number of β-lactam (4-membered cyclic amide) rings is 1. The fourth-order valence-electron chi connectivity index (χ4n) is 3.87. The molecule has 0 spiro atoms. The fraction of sp³-hybridized carbons (Fsp3) is 0.500. The zero-order valence-corrected chi connectivity index (χ0v) is 17.9. The summed E-state index contributed by atoms with van der Waals surface area (Å²) in [6, 6.07) is -1.32. The minimum atomic E-state index is -2.24. The smallest absolute Gasteiger partial charge is 0.371 e. The van der Waals surface area contributed by atoms with Crippen LogP contribution in [0.2, 0.25) is 0 Å². The van der Waals surface area contributed by atoms with E-state index in [0.717, 1.165) is 16.2 Å². The molecule has 2 amide bonds. The maximum atomic E-state index is 12.9. The van der Waals surface area contributed by atoms with E-state index in [1.807, 2.05) is 0 Å². The molecule has 3 aliphatic heterocycles. The maximum Gasteiger partial charge on any atom is 0.371 e. The molecule has 32 heavy (non-hydrogen) atoms. The monoisotopic (exact) mass is 486 g/mol. The Hall–Kier alpha value is -2.95. The molecule has 172 valence electrons. The summed E-state index contributed by atoms with van der Waals surface area (Å²) in [5.41, 5.74) is 8.50. The van der Waals surface area contributed by atoms with Crippen LogP contribution in [0, 0.1) is 5.92 Å². The van der Waals surface area contributed by atoms with E-state index < -0.39 is 58.0 Å². The van der Waals surface area contributed by atoms with Gasteiger partial charge in [0.25, 0.3) is 17.5 Å². The lowest BCUT2D eigenvalue weighted by Gasteiger charge is -2.55. The van der Waals surface area contributed by atoms with Gasteiger partial charge in [0.15, 0.2) is 16.9 Å². The minimum Gasteiger partial charge on any atom is -0.615 e. The minimum absolute atomic E-state index is 0.00701. The Kier molecular flexibility index (Phi) is 5.70. The van der Waals surface area contributed by atoms with E-state index in [1.54, 1.807) is 0 Å². The number of ether oxygens (including phenoxy) is 1. The molecule has 0 bridgehead atoms. The van der Waals surface area contributed by atoms with Crippen LogP contribution in [0.4, 0.5) is 5.13 Å². The number of aliphatic carboxylic acids is 1. The number of carbonyl (C=O) groups excluding carboxylic acids is 3. The Morgan fingerprint density at radius 3 is 2.91 bits per heavy atom. The van der Waals surface area contributed by atoms with Crippen LogP contribution in [0.15, 0.2) is 10.5 Å². The molecule has 3 aliphatic rings. The molecule has 0 radical (unpaired) electrons. The number of amides is 2. The second-order valence-electron chi connectivity index (χ2n) is 7.11. The van der Waals surface area contributed by atoms with Crippen LogP contribution < -0.4 is 16.8 Å². The Morgan fingerprint density at radius 2 is 2.28 bits per heavy atom. The first-order valence-corrected chi connectivity index (χ1v) is 11.5. The van der Waals surface area contributed by atoms with Gasteiger partial charge in [0, 0.05) is 11.9 Å². The largest absolute Gasteiger partial charge is 0.615 e. The van der Waals surface area contributed by atoms with Crippen LogP contribution in [0.5, 0.6) is 0 Å². The van der Waals surface area contributed by atoms with Gasteiger partial charge in [-0.25, -0.2) is 14.7 Å². The number of fused-ring (bicyclic) bond motifs is 3. The molecule has 4 rings (SSSR count). The number of thiazole rings is 1. The number of nitrogen functional groups attached to an aromatic ring is 1. The zero-order valence-electron chi connectivity index (χ0n) is 16.3. The molecule has 0 saturated carbocycles. The van der Waals surface area contributed by atoms with Crippen molar-refractivity contribution in [2.24, 2.45) is 16.8 Å². The summed E-state index contributed by atoms with van der Waals surface area (Å²) >= 11 is -0.702. The number of carbonyl (C=O) groups is 4. The van der Waals surface area contributed by atoms with Gasteiger partial charge in [0.1, 0.15) is 18.1 Å². The Bertz CT molecular complexity index is 1020. The van der Waals surface area contributed by atoms with Crippen molar-refractivity contribution in [2.45, 2.75) is 23.6 Å². The number of nitrogens with two attached hydrogens (primary N) is 2. The third kappa shape index (κ3) is 3.35. The summed E-state index contributed by atoms with van der Waals surface area (Å²) in [5, 5.41) is 16.3. The van der Waals surface area contributed by atoms with Gasteiger partial charge in [-0.3, -0.25) is 14.4 Å². The van der Waals surface area contributed by atoms with Gasteiger partial charge in [0.2, 0.25) is 5.37 Å². The summed E-state index contributed by atoms with van der Waals surface area (Å²) in [4.78, 5) is 59.2. The van der Waals surface area contributed by atoms with Gasteiger partial charge in [-0.1, -0.05) is 5.16 Å². The molecule has 16 heteroatoms. The van der Waals surface area contributed by atoms with Crippen molar-refractivity contribution < 1.29 is 38.4 Å².